The third-order valence-electron chi connectivity index (χ3n) is 8.21. The molecule has 21 heteroatoms. The summed E-state index contributed by atoms with van der Waals surface area (Å²) in [5.41, 5.74) is 17.2. The van der Waals surface area contributed by atoms with E-state index in [1.54, 1.807) is 0 Å². The van der Waals surface area contributed by atoms with Gasteiger partial charge in [0.15, 0.2) is 18.5 Å². The molecule has 0 aromatic carbocycles. The normalized spacial score (nSPS) is 42.1. The van der Waals surface area contributed by atoms with E-state index in [0.717, 1.165) is 13.8 Å². The van der Waals surface area contributed by atoms with Crippen LogP contribution in [-0.2, 0) is 38.1 Å². The Bertz CT molecular complexity index is 1150. The Morgan fingerprint density at radius 1 is 1.04 bits per heavy atom. The molecule has 3 saturated heterocycles. The topological polar surface area (TPSA) is 353 Å². The van der Waals surface area contributed by atoms with Crippen LogP contribution in [0.25, 0.3) is 0 Å². The Kier molecular flexibility index (Phi) is 12.8. The third kappa shape index (κ3) is 8.63. The second kappa shape index (κ2) is 15.6. The van der Waals surface area contributed by atoms with Gasteiger partial charge in [0.05, 0.1) is 37.0 Å². The molecule has 0 spiro atoms. The fourth-order valence-electron chi connectivity index (χ4n) is 5.82. The number of aliphatic hydroxyl groups is 6. The van der Waals surface area contributed by atoms with Crippen molar-refractivity contribution in [3.63, 3.8) is 0 Å². The maximum absolute atomic E-state index is 12.8. The van der Waals surface area contributed by atoms with Crippen LogP contribution >= 0.6 is 0 Å². The number of hydrogen-bond acceptors (Lipinski definition) is 16. The lowest BCUT2D eigenvalue weighted by atomic mass is 9.87. The van der Waals surface area contributed by atoms with E-state index in [9.17, 15) is 50.1 Å². The van der Waals surface area contributed by atoms with E-state index in [0.29, 0.717) is 0 Å². The lowest BCUT2D eigenvalue weighted by Gasteiger charge is -2.50. The van der Waals surface area contributed by atoms with Gasteiger partial charge in [-0.1, -0.05) is 0 Å². The molecule has 1 unspecified atom stereocenters. The molecule has 3 aliphatic heterocycles. The fraction of sp³-hybridized carbons (Fsp3) is 0.846. The van der Waals surface area contributed by atoms with Crippen molar-refractivity contribution in [1.29, 1.82) is 0 Å². The highest BCUT2D eigenvalue weighted by Gasteiger charge is 2.59. The molecule has 3 fully saturated rings. The zero-order valence-electron chi connectivity index (χ0n) is 26.2. The zero-order chi connectivity index (χ0) is 35.5. The summed E-state index contributed by atoms with van der Waals surface area (Å²) in [6.07, 6.45) is -17.8. The van der Waals surface area contributed by atoms with Gasteiger partial charge in [0.1, 0.15) is 48.7 Å². The van der Waals surface area contributed by atoms with Crippen molar-refractivity contribution in [2.24, 2.45) is 22.2 Å². The van der Waals surface area contributed by atoms with Crippen LogP contribution in [0.4, 0.5) is 0 Å². The van der Waals surface area contributed by atoms with E-state index in [1.807, 2.05) is 0 Å². The number of rotatable bonds is 11. The van der Waals surface area contributed by atoms with Gasteiger partial charge >= 0.3 is 5.97 Å². The number of guanidine groups is 1. The first-order valence-corrected chi connectivity index (χ1v) is 14.8. The predicted molar refractivity (Wildman–Crippen MR) is 154 cm³/mol. The number of aliphatic imine (C=N–C) groups is 1. The maximum atomic E-state index is 12.8. The number of carboxylic acids is 1. The van der Waals surface area contributed by atoms with Crippen LogP contribution in [0.2, 0.25) is 0 Å². The molecule has 0 bridgehead atoms. The molecule has 0 aromatic rings. The van der Waals surface area contributed by atoms with Gasteiger partial charge in [0.25, 0.3) is 5.79 Å². The molecule has 47 heavy (non-hydrogen) atoms. The van der Waals surface area contributed by atoms with Gasteiger partial charge in [0, 0.05) is 20.3 Å². The summed E-state index contributed by atoms with van der Waals surface area (Å²) in [4.78, 5) is 40.9. The highest BCUT2D eigenvalue weighted by Crippen LogP contribution is 2.37. The van der Waals surface area contributed by atoms with Crippen LogP contribution in [0.1, 0.15) is 34.1 Å². The number of nitrogens with zero attached hydrogens (tertiary/aromatic N) is 1. The zero-order valence-corrected chi connectivity index (χ0v) is 26.2. The van der Waals surface area contributed by atoms with Gasteiger partial charge in [-0.2, -0.15) is 0 Å². The Morgan fingerprint density at radius 2 is 1.68 bits per heavy atom. The summed E-state index contributed by atoms with van der Waals surface area (Å²) < 4.78 is 28.6. The van der Waals surface area contributed by atoms with E-state index in [-0.39, 0.29) is 0 Å². The number of hydrogen-bond donors (Lipinski definition) is 12. The minimum absolute atomic E-state index is 0.554. The van der Waals surface area contributed by atoms with Gasteiger partial charge in [-0.3, -0.25) is 9.59 Å². The summed E-state index contributed by atoms with van der Waals surface area (Å²) in [5.74, 6) is -6.46. The van der Waals surface area contributed by atoms with Crippen molar-refractivity contribution in [1.82, 2.24) is 10.6 Å². The molecule has 3 heterocycles. The number of nitrogens with one attached hydrogen (secondary N) is 2. The van der Waals surface area contributed by atoms with E-state index in [1.165, 1.54) is 13.8 Å². The SMILES string of the molecule is CC(=O)N[C@H]([C@H]1O[C@](O[C@@H]2[C@H](O)[C@H](C)OC(O)[C@H]2N=C(N)N)(C(=O)O)C[C@@H](O)[C@@H]1N)[C@@H](C)O[C@H]1O[C@H](CO)[C@@H](O)[C@H](O)[C@H]1NC(C)=O. The van der Waals surface area contributed by atoms with E-state index < -0.39 is 134 Å². The minimum Gasteiger partial charge on any atom is -0.477 e. The number of aliphatic hydroxyl groups excluding tert-OH is 6. The third-order valence-corrected chi connectivity index (χ3v) is 8.21. The van der Waals surface area contributed by atoms with E-state index in [2.05, 4.69) is 15.6 Å². The van der Waals surface area contributed by atoms with E-state index in [4.69, 9.17) is 40.9 Å². The minimum atomic E-state index is -2.79. The number of nitrogens with two attached hydrogens (primary N) is 3. The van der Waals surface area contributed by atoms with Crippen molar-refractivity contribution in [3.8, 4) is 0 Å². The smallest absolute Gasteiger partial charge is 0.364 e. The Labute approximate surface area is 268 Å². The predicted octanol–water partition coefficient (Wildman–Crippen LogP) is -6.78. The molecular weight excluding hydrogens is 636 g/mol. The second-order valence-corrected chi connectivity index (χ2v) is 11.8. The lowest BCUT2D eigenvalue weighted by Crippen LogP contribution is -2.71. The molecule has 3 aliphatic rings. The maximum Gasteiger partial charge on any atom is 0.364 e. The second-order valence-electron chi connectivity index (χ2n) is 11.8. The molecule has 3 rings (SSSR count). The first-order valence-electron chi connectivity index (χ1n) is 14.8. The first kappa shape index (κ1) is 38.6. The van der Waals surface area contributed by atoms with Crippen molar-refractivity contribution < 1.29 is 73.8 Å². The van der Waals surface area contributed by atoms with Crippen LogP contribution in [0, 0.1) is 0 Å². The number of carbonyl (C=O) groups excluding carboxylic acids is 2. The number of carboxylic acid groups (broad SMARTS) is 1. The quantitative estimate of drug-likeness (QED) is 0.0711. The van der Waals surface area contributed by atoms with E-state index >= 15 is 0 Å². The first-order chi connectivity index (χ1) is 21.8. The Balaban J connectivity index is 2.00. The number of ether oxygens (including phenoxy) is 5. The standard InChI is InChI=1S/C26H46N6O15/c1-7(44-23-15(31-10(4)35)19(39)18(38)12(6-33)45-23)14(30-9(3)34)20-13(27)11(36)5-26(46-20,24(41)42)47-21-16(32-25(28)29)22(40)43-8(2)17(21)37/h7-8,11-23,33,36-40H,5-6,27H2,1-4H3,(H,30,34)(H,31,35)(H,41,42)(H4,28,29,32)/t7-,8+,11-,12-,13+,14+,15-,16+,17-,18-,19-,20+,21+,22?,23+,26-/m1/s1. The Morgan fingerprint density at radius 3 is 2.21 bits per heavy atom. The molecular formula is C26H46N6O15. The van der Waals surface area contributed by atoms with Crippen LogP contribution in [-0.4, -0.2) is 164 Å². The highest BCUT2D eigenvalue weighted by molar-refractivity contribution is 5.77. The molecule has 0 aromatic heterocycles. The van der Waals surface area contributed by atoms with Crippen LogP contribution in [0.15, 0.2) is 4.99 Å². The molecule has 21 nitrogen and oxygen atoms in total. The highest BCUT2D eigenvalue weighted by atomic mass is 16.7. The average Bonchev–Trinajstić information content (AvgIpc) is 2.97. The Hall–Kier alpha value is -2.80. The molecule has 15 N–H and O–H groups in total. The molecule has 16 atom stereocenters. The van der Waals surface area contributed by atoms with Gasteiger partial charge < -0.3 is 87.3 Å². The number of aliphatic carboxylic acids is 1. The van der Waals surface area contributed by atoms with Crippen molar-refractivity contribution in [2.75, 3.05) is 6.61 Å². The lowest BCUT2D eigenvalue weighted by molar-refractivity contribution is -0.344. The summed E-state index contributed by atoms with van der Waals surface area (Å²) >= 11 is 0. The van der Waals surface area contributed by atoms with Crippen LogP contribution < -0.4 is 27.8 Å². The van der Waals surface area contributed by atoms with Gasteiger partial charge in [-0.25, -0.2) is 9.79 Å². The molecule has 0 aliphatic carbocycles. The molecule has 0 saturated carbocycles. The van der Waals surface area contributed by atoms with Crippen LogP contribution in [0.5, 0.6) is 0 Å². The van der Waals surface area contributed by atoms with Gasteiger partial charge in [-0.15, -0.1) is 0 Å². The monoisotopic (exact) mass is 682 g/mol. The van der Waals surface area contributed by atoms with Gasteiger partial charge in [-0.05, 0) is 13.8 Å². The largest absolute Gasteiger partial charge is 0.477 e. The summed E-state index contributed by atoms with van der Waals surface area (Å²) in [5, 5.41) is 78.4. The van der Waals surface area contributed by atoms with Crippen molar-refractivity contribution >= 4 is 23.7 Å². The van der Waals surface area contributed by atoms with Crippen LogP contribution in [0.3, 0.4) is 0 Å². The summed E-state index contributed by atoms with van der Waals surface area (Å²) in [6, 6.07) is -5.74. The number of amides is 2. The fourth-order valence-corrected chi connectivity index (χ4v) is 5.82. The molecule has 2 amide bonds. The molecule has 0 radical (unpaired) electrons. The van der Waals surface area contributed by atoms with Gasteiger partial charge in [0.2, 0.25) is 11.8 Å². The summed E-state index contributed by atoms with van der Waals surface area (Å²) in [7, 11) is 0. The van der Waals surface area contributed by atoms with Crippen molar-refractivity contribution in [2.45, 2.75) is 132 Å². The number of carbonyl (C=O) groups is 3. The molecule has 270 valence electrons. The van der Waals surface area contributed by atoms with Crippen molar-refractivity contribution in [3.05, 3.63) is 0 Å². The average molecular weight is 683 g/mol. The summed E-state index contributed by atoms with van der Waals surface area (Å²) in [6.45, 7) is 4.23.